The van der Waals surface area contributed by atoms with Crippen molar-refractivity contribution < 1.29 is 9.90 Å². The van der Waals surface area contributed by atoms with Gasteiger partial charge in [-0.3, -0.25) is 4.79 Å². The van der Waals surface area contributed by atoms with E-state index in [9.17, 15) is 4.79 Å². The fourth-order valence-corrected chi connectivity index (χ4v) is 2.42. The molecule has 1 atom stereocenters. The number of hydrogen-bond acceptors (Lipinski definition) is 2. The van der Waals surface area contributed by atoms with Gasteiger partial charge in [0.15, 0.2) is 0 Å². The summed E-state index contributed by atoms with van der Waals surface area (Å²) in [7, 11) is 0. The fraction of sp³-hybridized carbons (Fsp3) is 0.438. The van der Waals surface area contributed by atoms with Gasteiger partial charge in [-0.1, -0.05) is 18.8 Å². The highest BCUT2D eigenvalue weighted by Crippen LogP contribution is 2.19. The van der Waals surface area contributed by atoms with Gasteiger partial charge < -0.3 is 10.0 Å². The topological polar surface area (TPSA) is 40.5 Å². The van der Waals surface area contributed by atoms with Crippen LogP contribution in [0.5, 0.6) is 0 Å². The van der Waals surface area contributed by atoms with Crippen LogP contribution in [-0.4, -0.2) is 35.6 Å². The highest BCUT2D eigenvalue weighted by Gasteiger charge is 2.24. The normalized spacial score (nSPS) is 18.1. The lowest BCUT2D eigenvalue weighted by atomic mass is 10.1. The number of nitrogens with zero attached hydrogens (tertiary/aromatic N) is 1. The Morgan fingerprint density at radius 1 is 1.47 bits per heavy atom. The van der Waals surface area contributed by atoms with Crippen molar-refractivity contribution >= 4 is 5.91 Å². The summed E-state index contributed by atoms with van der Waals surface area (Å²) >= 11 is 0. The third-order valence-corrected chi connectivity index (χ3v) is 3.35. The fourth-order valence-electron chi connectivity index (χ4n) is 2.42. The number of rotatable bonds is 1. The van der Waals surface area contributed by atoms with E-state index in [-0.39, 0.29) is 12.5 Å². The summed E-state index contributed by atoms with van der Waals surface area (Å²) in [5.41, 5.74) is 2.49. The molecule has 2 rings (SSSR count). The first-order chi connectivity index (χ1) is 9.10. The SMILES string of the molecule is Cc1cc(C#CCO)cc(C(=O)N2CCC(C)C2)c1. The second-order valence-electron chi connectivity index (χ2n) is 5.19. The van der Waals surface area contributed by atoms with Crippen LogP contribution in [-0.2, 0) is 0 Å². The van der Waals surface area contributed by atoms with Gasteiger partial charge in [0.05, 0.1) is 0 Å². The van der Waals surface area contributed by atoms with E-state index >= 15 is 0 Å². The zero-order valence-corrected chi connectivity index (χ0v) is 11.4. The predicted molar refractivity (Wildman–Crippen MR) is 74.8 cm³/mol. The molecule has 0 radical (unpaired) electrons. The molecule has 19 heavy (non-hydrogen) atoms. The predicted octanol–water partition coefficient (Wildman–Crippen LogP) is 1.82. The van der Waals surface area contributed by atoms with E-state index in [1.165, 1.54) is 0 Å². The lowest BCUT2D eigenvalue weighted by Crippen LogP contribution is -2.28. The molecule has 0 spiro atoms. The minimum absolute atomic E-state index is 0.0834. The van der Waals surface area contributed by atoms with Crippen LogP contribution in [0, 0.1) is 24.7 Å². The third-order valence-electron chi connectivity index (χ3n) is 3.35. The molecule has 1 aliphatic rings. The van der Waals surface area contributed by atoms with Crippen LogP contribution in [0.4, 0.5) is 0 Å². The van der Waals surface area contributed by atoms with Gasteiger partial charge >= 0.3 is 0 Å². The zero-order valence-electron chi connectivity index (χ0n) is 11.4. The average molecular weight is 257 g/mol. The van der Waals surface area contributed by atoms with Crippen LogP contribution in [0.1, 0.15) is 34.8 Å². The number of aliphatic hydroxyl groups excluding tert-OH is 1. The minimum atomic E-state index is -0.166. The summed E-state index contributed by atoms with van der Waals surface area (Å²) < 4.78 is 0. The summed E-state index contributed by atoms with van der Waals surface area (Å²) in [6.07, 6.45) is 1.08. The van der Waals surface area contributed by atoms with Gasteiger partial charge in [0.1, 0.15) is 6.61 Å². The first-order valence-electron chi connectivity index (χ1n) is 6.61. The molecule has 3 heteroatoms. The minimum Gasteiger partial charge on any atom is -0.384 e. The van der Waals surface area contributed by atoms with Crippen molar-refractivity contribution in [3.8, 4) is 11.8 Å². The van der Waals surface area contributed by atoms with E-state index in [1.54, 1.807) is 6.07 Å². The smallest absolute Gasteiger partial charge is 0.253 e. The van der Waals surface area contributed by atoms with E-state index in [1.807, 2.05) is 24.0 Å². The van der Waals surface area contributed by atoms with Crippen LogP contribution >= 0.6 is 0 Å². The van der Waals surface area contributed by atoms with Crippen molar-refractivity contribution in [3.63, 3.8) is 0 Å². The van der Waals surface area contributed by atoms with E-state index < -0.39 is 0 Å². The number of amides is 1. The van der Waals surface area contributed by atoms with Gasteiger partial charge in [0.2, 0.25) is 0 Å². The number of aliphatic hydroxyl groups is 1. The molecule has 1 aliphatic heterocycles. The Kier molecular flexibility index (Phi) is 4.24. The largest absolute Gasteiger partial charge is 0.384 e. The van der Waals surface area contributed by atoms with Gasteiger partial charge in [-0.25, -0.2) is 0 Å². The molecular formula is C16H19NO2. The lowest BCUT2D eigenvalue weighted by molar-refractivity contribution is 0.0788. The molecular weight excluding hydrogens is 238 g/mol. The Balaban J connectivity index is 2.24. The molecule has 1 saturated heterocycles. The first-order valence-corrected chi connectivity index (χ1v) is 6.61. The van der Waals surface area contributed by atoms with Crippen molar-refractivity contribution in [2.75, 3.05) is 19.7 Å². The Morgan fingerprint density at radius 3 is 2.89 bits per heavy atom. The van der Waals surface area contributed by atoms with Crippen molar-refractivity contribution in [2.24, 2.45) is 5.92 Å². The molecule has 0 saturated carbocycles. The van der Waals surface area contributed by atoms with E-state index in [2.05, 4.69) is 18.8 Å². The molecule has 1 aromatic rings. The molecule has 0 aliphatic carbocycles. The average Bonchev–Trinajstić information content (AvgIpc) is 2.81. The molecule has 0 aromatic heterocycles. The van der Waals surface area contributed by atoms with Crippen LogP contribution < -0.4 is 0 Å². The van der Waals surface area contributed by atoms with Crippen LogP contribution in [0.3, 0.4) is 0 Å². The molecule has 3 nitrogen and oxygen atoms in total. The molecule has 0 bridgehead atoms. The van der Waals surface area contributed by atoms with Crippen molar-refractivity contribution in [2.45, 2.75) is 20.3 Å². The summed E-state index contributed by atoms with van der Waals surface area (Å²) in [4.78, 5) is 14.3. The quantitative estimate of drug-likeness (QED) is 0.780. The molecule has 1 amide bonds. The highest BCUT2D eigenvalue weighted by atomic mass is 16.2. The molecule has 1 aromatic carbocycles. The summed E-state index contributed by atoms with van der Waals surface area (Å²) in [6.45, 7) is 5.63. The maximum Gasteiger partial charge on any atom is 0.253 e. The van der Waals surface area contributed by atoms with Crippen molar-refractivity contribution in [3.05, 3.63) is 34.9 Å². The summed E-state index contributed by atoms with van der Waals surface area (Å²) in [5.74, 6) is 6.14. The second-order valence-corrected chi connectivity index (χ2v) is 5.19. The number of carbonyl (C=O) groups is 1. The van der Waals surface area contributed by atoms with Crippen molar-refractivity contribution in [1.82, 2.24) is 4.90 Å². The monoisotopic (exact) mass is 257 g/mol. The van der Waals surface area contributed by atoms with Crippen molar-refractivity contribution in [1.29, 1.82) is 0 Å². The van der Waals surface area contributed by atoms with E-state index in [0.717, 1.165) is 30.6 Å². The third kappa shape index (κ3) is 3.36. The van der Waals surface area contributed by atoms with Gasteiger partial charge in [0.25, 0.3) is 5.91 Å². The molecule has 1 fully saturated rings. The molecule has 100 valence electrons. The van der Waals surface area contributed by atoms with E-state index in [4.69, 9.17) is 5.11 Å². The van der Waals surface area contributed by atoms with Crippen LogP contribution in [0.2, 0.25) is 0 Å². The number of hydrogen-bond donors (Lipinski definition) is 1. The maximum absolute atomic E-state index is 12.4. The maximum atomic E-state index is 12.4. The zero-order chi connectivity index (χ0) is 13.8. The number of benzene rings is 1. The Morgan fingerprint density at radius 2 is 2.26 bits per heavy atom. The number of aryl methyl sites for hydroxylation is 1. The summed E-state index contributed by atoms with van der Waals surface area (Å²) in [5, 5.41) is 8.73. The molecule has 1 heterocycles. The van der Waals surface area contributed by atoms with Crippen LogP contribution in [0.25, 0.3) is 0 Å². The lowest BCUT2D eigenvalue weighted by Gasteiger charge is -2.16. The molecule has 1 unspecified atom stereocenters. The van der Waals surface area contributed by atoms with Gasteiger partial charge in [0, 0.05) is 24.2 Å². The van der Waals surface area contributed by atoms with Gasteiger partial charge in [-0.2, -0.15) is 0 Å². The number of likely N-dealkylation sites (tertiary alicyclic amines) is 1. The Hall–Kier alpha value is -1.79. The molecule has 1 N–H and O–H groups in total. The summed E-state index contributed by atoms with van der Waals surface area (Å²) in [6, 6.07) is 5.63. The first kappa shape index (κ1) is 13.6. The highest BCUT2D eigenvalue weighted by molar-refractivity contribution is 5.95. The van der Waals surface area contributed by atoms with Gasteiger partial charge in [-0.05, 0) is 43.0 Å². The standard InChI is InChI=1S/C16H19NO2/c1-12-5-6-17(11-12)16(19)15-9-13(2)8-14(10-15)4-3-7-18/h8-10,12,18H,5-7,11H2,1-2H3. The Labute approximate surface area is 114 Å². The van der Waals surface area contributed by atoms with E-state index in [0.29, 0.717) is 11.5 Å². The number of carbonyl (C=O) groups excluding carboxylic acids is 1. The Bertz CT molecular complexity index is 539. The van der Waals surface area contributed by atoms with Gasteiger partial charge in [-0.15, -0.1) is 0 Å². The second kappa shape index (κ2) is 5.90. The van der Waals surface area contributed by atoms with Crippen LogP contribution in [0.15, 0.2) is 18.2 Å².